The van der Waals surface area contributed by atoms with Crippen LogP contribution in [0.5, 0.6) is 0 Å². The Balaban J connectivity index is 1.70. The molecule has 32 heavy (non-hydrogen) atoms. The Labute approximate surface area is 183 Å². The summed E-state index contributed by atoms with van der Waals surface area (Å²) in [6.45, 7) is 0.627. The van der Waals surface area contributed by atoms with E-state index in [2.05, 4.69) is 0 Å². The van der Waals surface area contributed by atoms with Crippen LogP contribution in [0.3, 0.4) is 0 Å². The highest BCUT2D eigenvalue weighted by Crippen LogP contribution is 2.28. The number of carbonyl (C=O) groups excluding carboxylic acids is 2. The molecule has 1 aliphatic rings. The molecule has 3 aromatic rings. The second-order valence-corrected chi connectivity index (χ2v) is 7.49. The number of hydroxylamine groups is 1. The van der Waals surface area contributed by atoms with Crippen LogP contribution in [-0.4, -0.2) is 28.5 Å². The molecule has 0 bridgehead atoms. The van der Waals surface area contributed by atoms with E-state index in [0.29, 0.717) is 18.5 Å². The number of benzene rings is 3. The summed E-state index contributed by atoms with van der Waals surface area (Å²) in [5.74, 6) is -2.59. The molecule has 7 heteroatoms. The summed E-state index contributed by atoms with van der Waals surface area (Å²) in [6.07, 6.45) is 2.15. The highest BCUT2D eigenvalue weighted by molar-refractivity contribution is 6.24. The molecule has 0 spiro atoms. The van der Waals surface area contributed by atoms with E-state index in [-0.39, 0.29) is 23.2 Å². The molecular weight excluding hydrogens is 414 g/mol. The Morgan fingerprint density at radius 2 is 1.75 bits per heavy atom. The van der Waals surface area contributed by atoms with Crippen LogP contribution in [0, 0.1) is 11.6 Å². The first-order valence-electron chi connectivity index (χ1n) is 10.0. The van der Waals surface area contributed by atoms with Crippen LogP contribution in [0.25, 0.3) is 11.6 Å². The summed E-state index contributed by atoms with van der Waals surface area (Å²) >= 11 is 0. The van der Waals surface area contributed by atoms with Crippen molar-refractivity contribution in [1.29, 1.82) is 0 Å². The molecule has 0 unspecified atom stereocenters. The Morgan fingerprint density at radius 3 is 2.47 bits per heavy atom. The fraction of sp³-hybridized carbons (Fsp3) is 0.120. The van der Waals surface area contributed by atoms with Gasteiger partial charge in [0.2, 0.25) is 0 Å². The number of rotatable bonds is 4. The lowest BCUT2D eigenvalue weighted by Gasteiger charge is -2.30. The summed E-state index contributed by atoms with van der Waals surface area (Å²) in [5.41, 5.74) is 4.46. The van der Waals surface area contributed by atoms with Crippen molar-refractivity contribution in [1.82, 2.24) is 10.4 Å². The first-order chi connectivity index (χ1) is 15.5. The maximum Gasteiger partial charge on any atom is 0.274 e. The first kappa shape index (κ1) is 21.4. The van der Waals surface area contributed by atoms with Crippen LogP contribution in [0.15, 0.2) is 66.7 Å². The van der Waals surface area contributed by atoms with Crippen LogP contribution >= 0.6 is 0 Å². The Morgan fingerprint density at radius 1 is 0.969 bits per heavy atom. The highest BCUT2D eigenvalue weighted by atomic mass is 19.1. The Bertz CT molecular complexity index is 1210. The number of amides is 2. The van der Waals surface area contributed by atoms with E-state index in [1.165, 1.54) is 6.07 Å². The maximum atomic E-state index is 14.6. The summed E-state index contributed by atoms with van der Waals surface area (Å²) in [6, 6.07) is 17.2. The average molecular weight is 434 g/mol. The molecule has 0 radical (unpaired) electrons. The van der Waals surface area contributed by atoms with Crippen LogP contribution < -0.4 is 5.48 Å². The predicted molar refractivity (Wildman–Crippen MR) is 115 cm³/mol. The molecule has 0 saturated carbocycles. The molecule has 0 aromatic heterocycles. The van der Waals surface area contributed by atoms with E-state index in [0.717, 1.165) is 23.3 Å². The Kier molecular flexibility index (Phi) is 6.09. The van der Waals surface area contributed by atoms with Crippen LogP contribution in [0.4, 0.5) is 8.78 Å². The fourth-order valence-electron chi connectivity index (χ4n) is 3.79. The van der Waals surface area contributed by atoms with E-state index < -0.39 is 23.4 Å². The average Bonchev–Trinajstić information content (AvgIpc) is 2.82. The zero-order chi connectivity index (χ0) is 22.7. The van der Waals surface area contributed by atoms with Crippen LogP contribution in [-0.2, 0) is 17.8 Å². The normalized spacial score (nSPS) is 13.5. The SMILES string of the molecule is O=C(NO)c1ccc2c(c1)CN(C(=O)/C(=C\c1ccccc1)c1ccc(F)cc1F)CC2. The van der Waals surface area contributed by atoms with E-state index in [1.54, 1.807) is 58.9 Å². The van der Waals surface area contributed by atoms with Gasteiger partial charge in [0.05, 0.1) is 5.57 Å². The van der Waals surface area contributed by atoms with Gasteiger partial charge in [0.15, 0.2) is 0 Å². The molecule has 3 aromatic carbocycles. The molecule has 1 heterocycles. The zero-order valence-corrected chi connectivity index (χ0v) is 17.0. The molecule has 2 amide bonds. The Hall–Kier alpha value is -3.84. The minimum absolute atomic E-state index is 0.0134. The number of nitrogens with one attached hydrogen (secondary N) is 1. The monoisotopic (exact) mass is 434 g/mol. The van der Waals surface area contributed by atoms with Gasteiger partial charge in [-0.3, -0.25) is 14.8 Å². The van der Waals surface area contributed by atoms with E-state index >= 15 is 0 Å². The van der Waals surface area contributed by atoms with Gasteiger partial charge in [-0.25, -0.2) is 14.3 Å². The van der Waals surface area contributed by atoms with Gasteiger partial charge in [0.1, 0.15) is 11.6 Å². The van der Waals surface area contributed by atoms with E-state index in [1.807, 2.05) is 6.07 Å². The van der Waals surface area contributed by atoms with Gasteiger partial charge in [0.25, 0.3) is 11.8 Å². The number of hydrogen-bond donors (Lipinski definition) is 2. The summed E-state index contributed by atoms with van der Waals surface area (Å²) in [7, 11) is 0. The lowest BCUT2D eigenvalue weighted by atomic mass is 9.95. The number of hydrogen-bond acceptors (Lipinski definition) is 3. The third-order valence-corrected chi connectivity index (χ3v) is 5.43. The van der Waals surface area contributed by atoms with Gasteiger partial charge < -0.3 is 4.90 Å². The largest absolute Gasteiger partial charge is 0.334 e. The van der Waals surface area contributed by atoms with Gasteiger partial charge in [-0.1, -0.05) is 36.4 Å². The standard InChI is InChI=1S/C25H20F2N2O3/c26-20-8-9-21(23(27)14-20)22(12-16-4-2-1-3-5-16)25(31)29-11-10-17-6-7-18(24(30)28-32)13-19(17)15-29/h1-9,12-14,32H,10-11,15H2,(H,28,30)/b22-12-. The van der Waals surface area contributed by atoms with Crippen molar-refractivity contribution in [3.05, 3.63) is 106 Å². The number of carbonyl (C=O) groups is 2. The maximum absolute atomic E-state index is 14.6. The quantitative estimate of drug-likeness (QED) is 0.280. The van der Waals surface area contributed by atoms with Gasteiger partial charge in [-0.05, 0) is 53.5 Å². The smallest absolute Gasteiger partial charge is 0.274 e. The van der Waals surface area contributed by atoms with Gasteiger partial charge in [-0.2, -0.15) is 0 Å². The number of nitrogens with zero attached hydrogens (tertiary/aromatic N) is 1. The zero-order valence-electron chi connectivity index (χ0n) is 17.0. The summed E-state index contributed by atoms with van der Waals surface area (Å²) in [4.78, 5) is 26.8. The van der Waals surface area contributed by atoms with Gasteiger partial charge in [-0.15, -0.1) is 0 Å². The third-order valence-electron chi connectivity index (χ3n) is 5.43. The van der Waals surface area contributed by atoms with Crippen molar-refractivity contribution in [2.45, 2.75) is 13.0 Å². The number of halogens is 2. The molecule has 2 N–H and O–H groups in total. The van der Waals surface area contributed by atoms with Gasteiger partial charge in [0, 0.05) is 30.3 Å². The predicted octanol–water partition coefficient (Wildman–Crippen LogP) is 4.21. The van der Waals surface area contributed by atoms with Gasteiger partial charge >= 0.3 is 0 Å². The van der Waals surface area contributed by atoms with Crippen molar-refractivity contribution >= 4 is 23.5 Å². The van der Waals surface area contributed by atoms with Crippen molar-refractivity contribution in [2.24, 2.45) is 0 Å². The number of fused-ring (bicyclic) bond motifs is 1. The van der Waals surface area contributed by atoms with E-state index in [9.17, 15) is 18.4 Å². The van der Waals surface area contributed by atoms with Crippen LogP contribution in [0.1, 0.15) is 32.6 Å². The molecule has 0 fully saturated rings. The lowest BCUT2D eigenvalue weighted by Crippen LogP contribution is -2.36. The minimum Gasteiger partial charge on any atom is -0.334 e. The first-order valence-corrected chi connectivity index (χ1v) is 10.0. The third kappa shape index (κ3) is 4.43. The molecule has 0 atom stereocenters. The summed E-state index contributed by atoms with van der Waals surface area (Å²) < 4.78 is 28.1. The molecule has 4 rings (SSSR count). The van der Waals surface area contributed by atoms with Crippen molar-refractivity contribution < 1.29 is 23.6 Å². The fourth-order valence-corrected chi connectivity index (χ4v) is 3.79. The molecule has 1 aliphatic heterocycles. The van der Waals surface area contributed by atoms with Crippen LogP contribution in [0.2, 0.25) is 0 Å². The topological polar surface area (TPSA) is 69.6 Å². The van der Waals surface area contributed by atoms with E-state index in [4.69, 9.17) is 5.21 Å². The molecule has 0 saturated heterocycles. The van der Waals surface area contributed by atoms with Crippen molar-refractivity contribution in [2.75, 3.05) is 6.54 Å². The summed E-state index contributed by atoms with van der Waals surface area (Å²) in [5, 5.41) is 8.88. The highest BCUT2D eigenvalue weighted by Gasteiger charge is 2.26. The second kappa shape index (κ2) is 9.11. The molecular formula is C25H20F2N2O3. The minimum atomic E-state index is -0.820. The van der Waals surface area contributed by atoms with Crippen molar-refractivity contribution in [3.8, 4) is 0 Å². The van der Waals surface area contributed by atoms with Crippen molar-refractivity contribution in [3.63, 3.8) is 0 Å². The molecule has 0 aliphatic carbocycles. The molecule has 5 nitrogen and oxygen atoms in total. The lowest BCUT2D eigenvalue weighted by molar-refractivity contribution is -0.125. The second-order valence-electron chi connectivity index (χ2n) is 7.49. The molecule has 162 valence electrons.